The highest BCUT2D eigenvalue weighted by Gasteiger charge is 2.03. The molecule has 90 valence electrons. The molecule has 16 heavy (non-hydrogen) atoms. The van der Waals surface area contributed by atoms with Gasteiger partial charge in [0.25, 0.3) is 0 Å². The van der Waals surface area contributed by atoms with Gasteiger partial charge in [-0.1, -0.05) is 6.92 Å². The Morgan fingerprint density at radius 3 is 2.94 bits per heavy atom. The van der Waals surface area contributed by atoms with E-state index >= 15 is 0 Å². The third-order valence-corrected chi connectivity index (χ3v) is 2.65. The lowest BCUT2D eigenvalue weighted by atomic mass is 10.3. The van der Waals surface area contributed by atoms with Crippen LogP contribution in [0.4, 0.5) is 11.4 Å². The summed E-state index contributed by atoms with van der Waals surface area (Å²) in [4.78, 5) is 3.98. The van der Waals surface area contributed by atoms with E-state index in [0.717, 1.165) is 42.8 Å². The predicted octanol–water partition coefficient (Wildman–Crippen LogP) is 2.65. The van der Waals surface area contributed by atoms with Gasteiger partial charge >= 0.3 is 0 Å². The molecule has 0 aromatic carbocycles. The summed E-state index contributed by atoms with van der Waals surface area (Å²) >= 11 is 3.40. The van der Waals surface area contributed by atoms with Gasteiger partial charge in [0.1, 0.15) is 0 Å². The van der Waals surface area contributed by atoms with Crippen molar-refractivity contribution < 1.29 is 4.74 Å². The Bertz CT molecular complexity index is 300. The molecule has 0 aliphatic heterocycles. The van der Waals surface area contributed by atoms with Gasteiger partial charge in [-0.3, -0.25) is 4.98 Å². The molecule has 1 aromatic heterocycles. The minimum Gasteiger partial charge on any atom is -0.396 e. The first-order valence-electron chi connectivity index (χ1n) is 5.46. The van der Waals surface area contributed by atoms with Crippen LogP contribution in [0.2, 0.25) is 0 Å². The minimum absolute atomic E-state index is 0.656. The van der Waals surface area contributed by atoms with Crippen molar-refractivity contribution in [2.24, 2.45) is 0 Å². The largest absolute Gasteiger partial charge is 0.396 e. The fourth-order valence-electron chi connectivity index (χ4n) is 1.27. The molecule has 0 amide bonds. The van der Waals surface area contributed by atoms with E-state index in [4.69, 9.17) is 10.5 Å². The van der Waals surface area contributed by atoms with Crippen molar-refractivity contribution in [3.8, 4) is 0 Å². The number of aromatic nitrogens is 1. The van der Waals surface area contributed by atoms with Gasteiger partial charge in [0.2, 0.25) is 0 Å². The van der Waals surface area contributed by atoms with Gasteiger partial charge in [0.05, 0.1) is 22.0 Å². The number of hydrogen-bond donors (Lipinski definition) is 2. The number of ether oxygens (including phenoxy) is 1. The van der Waals surface area contributed by atoms with Crippen LogP contribution in [0.1, 0.15) is 19.8 Å². The zero-order chi connectivity index (χ0) is 11.8. The fourth-order valence-corrected chi connectivity index (χ4v) is 1.76. The number of nitrogen functional groups attached to an aromatic ring is 1. The second-order valence-corrected chi connectivity index (χ2v) is 4.33. The fraction of sp³-hybridized carbons (Fsp3) is 0.545. The summed E-state index contributed by atoms with van der Waals surface area (Å²) in [5.41, 5.74) is 7.36. The van der Waals surface area contributed by atoms with Crippen LogP contribution >= 0.6 is 15.9 Å². The topological polar surface area (TPSA) is 60.2 Å². The number of hydrogen-bond acceptors (Lipinski definition) is 4. The molecule has 1 heterocycles. The zero-order valence-electron chi connectivity index (χ0n) is 9.50. The number of halogens is 1. The maximum atomic E-state index is 5.80. The first kappa shape index (κ1) is 13.3. The van der Waals surface area contributed by atoms with Crippen LogP contribution in [0.15, 0.2) is 16.9 Å². The molecule has 5 heteroatoms. The van der Waals surface area contributed by atoms with Gasteiger partial charge in [0, 0.05) is 26.0 Å². The SMILES string of the molecule is CCCOCCCNc1c(N)cncc1Br. The Balaban J connectivity index is 2.26. The lowest BCUT2D eigenvalue weighted by Gasteiger charge is -2.10. The summed E-state index contributed by atoms with van der Waals surface area (Å²) in [6.07, 6.45) is 5.40. The summed E-state index contributed by atoms with van der Waals surface area (Å²) in [6, 6.07) is 0. The maximum Gasteiger partial charge on any atom is 0.0750 e. The number of nitrogens with zero attached hydrogens (tertiary/aromatic N) is 1. The lowest BCUT2D eigenvalue weighted by molar-refractivity contribution is 0.134. The molecule has 0 saturated carbocycles. The zero-order valence-corrected chi connectivity index (χ0v) is 11.1. The highest BCUT2D eigenvalue weighted by molar-refractivity contribution is 9.10. The second-order valence-electron chi connectivity index (χ2n) is 3.48. The Morgan fingerprint density at radius 2 is 2.25 bits per heavy atom. The molecule has 0 saturated heterocycles. The summed E-state index contributed by atoms with van der Waals surface area (Å²) in [5, 5.41) is 3.27. The van der Waals surface area contributed by atoms with E-state index in [-0.39, 0.29) is 0 Å². The van der Waals surface area contributed by atoms with Gasteiger partial charge in [-0.2, -0.15) is 0 Å². The van der Waals surface area contributed by atoms with Gasteiger partial charge in [-0.25, -0.2) is 0 Å². The molecular weight excluding hydrogens is 270 g/mol. The standard InChI is InChI=1S/C11H18BrN3O/c1-2-5-16-6-3-4-15-11-9(12)7-14-8-10(11)13/h7-8H,2-6,13H2,1H3,(H,14,15). The molecule has 4 nitrogen and oxygen atoms in total. The molecule has 0 aliphatic rings. The van der Waals surface area contributed by atoms with Crippen LogP contribution in [0.5, 0.6) is 0 Å². The summed E-state index contributed by atoms with van der Waals surface area (Å²) < 4.78 is 6.28. The molecule has 0 unspecified atom stereocenters. The smallest absolute Gasteiger partial charge is 0.0750 e. The Hall–Kier alpha value is -0.810. The van der Waals surface area contributed by atoms with Crippen LogP contribution in [0, 0.1) is 0 Å². The van der Waals surface area contributed by atoms with Crippen molar-refractivity contribution >= 4 is 27.3 Å². The number of rotatable bonds is 7. The summed E-state index contributed by atoms with van der Waals surface area (Å²) in [7, 11) is 0. The molecule has 0 spiro atoms. The number of anilines is 2. The quantitative estimate of drug-likeness (QED) is 0.757. The van der Waals surface area contributed by atoms with Crippen molar-refractivity contribution in [2.45, 2.75) is 19.8 Å². The van der Waals surface area contributed by atoms with E-state index < -0.39 is 0 Å². The van der Waals surface area contributed by atoms with E-state index in [0.29, 0.717) is 5.69 Å². The lowest BCUT2D eigenvalue weighted by Crippen LogP contribution is -2.08. The van der Waals surface area contributed by atoms with E-state index in [1.54, 1.807) is 12.4 Å². The van der Waals surface area contributed by atoms with Crippen LogP contribution in [-0.2, 0) is 4.74 Å². The molecule has 3 N–H and O–H groups in total. The average molecular weight is 288 g/mol. The number of pyridine rings is 1. The molecule has 0 radical (unpaired) electrons. The Labute approximate surface area is 105 Å². The third kappa shape index (κ3) is 4.37. The highest BCUT2D eigenvalue weighted by atomic mass is 79.9. The first-order chi connectivity index (χ1) is 7.75. The van der Waals surface area contributed by atoms with Crippen molar-refractivity contribution in [3.63, 3.8) is 0 Å². The molecule has 0 bridgehead atoms. The van der Waals surface area contributed by atoms with Gasteiger partial charge in [0.15, 0.2) is 0 Å². The molecule has 0 atom stereocenters. The van der Waals surface area contributed by atoms with Crippen LogP contribution in [0.3, 0.4) is 0 Å². The van der Waals surface area contributed by atoms with Crippen molar-refractivity contribution in [3.05, 3.63) is 16.9 Å². The van der Waals surface area contributed by atoms with Gasteiger partial charge < -0.3 is 15.8 Å². The predicted molar refractivity (Wildman–Crippen MR) is 70.6 cm³/mol. The minimum atomic E-state index is 0.656. The van der Waals surface area contributed by atoms with Crippen LogP contribution in [0.25, 0.3) is 0 Å². The van der Waals surface area contributed by atoms with Crippen molar-refractivity contribution in [2.75, 3.05) is 30.8 Å². The molecule has 1 rings (SSSR count). The highest BCUT2D eigenvalue weighted by Crippen LogP contribution is 2.26. The van der Waals surface area contributed by atoms with Gasteiger partial charge in [-0.15, -0.1) is 0 Å². The third-order valence-electron chi connectivity index (χ3n) is 2.04. The maximum absolute atomic E-state index is 5.80. The number of nitrogens with two attached hydrogens (primary N) is 1. The summed E-state index contributed by atoms with van der Waals surface area (Å²) in [6.45, 7) is 4.56. The average Bonchev–Trinajstić information content (AvgIpc) is 2.26. The van der Waals surface area contributed by atoms with Gasteiger partial charge in [-0.05, 0) is 28.8 Å². The molecule has 1 aromatic rings. The molecular formula is C11H18BrN3O. The van der Waals surface area contributed by atoms with E-state index in [1.165, 1.54) is 0 Å². The summed E-state index contributed by atoms with van der Waals surface area (Å²) in [5.74, 6) is 0. The monoisotopic (exact) mass is 287 g/mol. The van der Waals surface area contributed by atoms with E-state index in [9.17, 15) is 0 Å². The van der Waals surface area contributed by atoms with E-state index in [2.05, 4.69) is 33.2 Å². The Kier molecular flexibility index (Phi) is 6.18. The number of nitrogens with one attached hydrogen (secondary N) is 1. The van der Waals surface area contributed by atoms with E-state index in [1.807, 2.05) is 0 Å². The molecule has 0 fully saturated rings. The normalized spacial score (nSPS) is 10.4. The van der Waals surface area contributed by atoms with Crippen LogP contribution in [-0.4, -0.2) is 24.7 Å². The molecule has 0 aliphatic carbocycles. The van der Waals surface area contributed by atoms with Crippen LogP contribution < -0.4 is 11.1 Å². The second kappa shape index (κ2) is 7.46. The van der Waals surface area contributed by atoms with Crippen molar-refractivity contribution in [1.82, 2.24) is 4.98 Å². The first-order valence-corrected chi connectivity index (χ1v) is 6.25. The van der Waals surface area contributed by atoms with Crippen molar-refractivity contribution in [1.29, 1.82) is 0 Å². The Morgan fingerprint density at radius 1 is 1.44 bits per heavy atom.